The molecule has 0 spiro atoms. The summed E-state index contributed by atoms with van der Waals surface area (Å²) in [7, 11) is 0. The summed E-state index contributed by atoms with van der Waals surface area (Å²) in [6, 6.07) is 14.2. The van der Waals surface area contributed by atoms with Crippen LogP contribution in [-0.4, -0.2) is 4.57 Å². The minimum absolute atomic E-state index is 0.186. The van der Waals surface area contributed by atoms with Crippen LogP contribution in [0.15, 0.2) is 47.3 Å². The minimum atomic E-state index is -1.03. The zero-order valence-corrected chi connectivity index (χ0v) is 16.4. The van der Waals surface area contributed by atoms with Crippen LogP contribution in [0.2, 0.25) is 0 Å². The highest BCUT2D eigenvalue weighted by atomic mass is 32.1. The molecule has 0 saturated heterocycles. The number of benzene rings is 2. The number of thiazole rings is 1. The van der Waals surface area contributed by atoms with Gasteiger partial charge in [0.1, 0.15) is 16.8 Å². The Morgan fingerprint density at radius 1 is 1.07 bits per heavy atom. The van der Waals surface area contributed by atoms with Gasteiger partial charge in [-0.3, -0.25) is 9.36 Å². The minimum Gasteiger partial charge on any atom is -0.267 e. The van der Waals surface area contributed by atoms with Gasteiger partial charge >= 0.3 is 0 Å². The van der Waals surface area contributed by atoms with Crippen molar-refractivity contribution in [3.8, 4) is 17.8 Å². The van der Waals surface area contributed by atoms with Gasteiger partial charge in [0.2, 0.25) is 0 Å². The van der Waals surface area contributed by atoms with E-state index in [1.54, 1.807) is 12.1 Å². The Labute approximate surface area is 169 Å². The molecule has 3 aromatic rings. The topological polar surface area (TPSA) is 69.6 Å². The molecule has 0 aliphatic carbocycles. The van der Waals surface area contributed by atoms with E-state index in [0.717, 1.165) is 29.0 Å². The predicted octanol–water partition coefficient (Wildman–Crippen LogP) is 3.33. The van der Waals surface area contributed by atoms with Crippen LogP contribution in [0.25, 0.3) is 17.3 Å². The van der Waals surface area contributed by atoms with E-state index in [2.05, 4.69) is 0 Å². The lowest BCUT2D eigenvalue weighted by Gasteiger charge is -2.07. The summed E-state index contributed by atoms with van der Waals surface area (Å²) in [5.41, 5.74) is 1.24. The Balaban J connectivity index is 2.31. The van der Waals surface area contributed by atoms with E-state index in [0.29, 0.717) is 17.2 Å². The summed E-state index contributed by atoms with van der Waals surface area (Å²) < 4.78 is 28.3. The van der Waals surface area contributed by atoms with Gasteiger partial charge in [0.15, 0.2) is 17.2 Å². The first-order valence-corrected chi connectivity index (χ1v) is 9.50. The van der Waals surface area contributed by atoms with Crippen LogP contribution in [0.1, 0.15) is 30.9 Å². The lowest BCUT2D eigenvalue weighted by Crippen LogP contribution is -2.30. The van der Waals surface area contributed by atoms with E-state index in [-0.39, 0.29) is 14.8 Å². The van der Waals surface area contributed by atoms with Crippen molar-refractivity contribution < 1.29 is 8.78 Å². The zero-order chi connectivity index (χ0) is 21.1. The maximum atomic E-state index is 13.5. The maximum Gasteiger partial charge on any atom is 0.273 e. The molecular weight excluding hydrogens is 392 g/mol. The smallest absolute Gasteiger partial charge is 0.267 e. The molecule has 0 aliphatic heterocycles. The molecule has 0 saturated carbocycles. The second-order valence-corrected chi connectivity index (χ2v) is 7.61. The number of rotatable bonds is 3. The SMILES string of the molecule is CC(C)c1ccc(-n2c(=C(C#N)C#N)s/c(=C/c3ccc(F)c(F)c3)c2=O)cc1. The molecule has 0 bridgehead atoms. The van der Waals surface area contributed by atoms with Gasteiger partial charge in [-0.05, 0) is 47.4 Å². The first kappa shape index (κ1) is 20.2. The van der Waals surface area contributed by atoms with Gasteiger partial charge < -0.3 is 0 Å². The summed E-state index contributed by atoms with van der Waals surface area (Å²) in [5, 5.41) is 18.6. The second-order valence-electron chi connectivity index (χ2n) is 6.57. The molecule has 0 fully saturated rings. The number of hydrogen-bond donors (Lipinski definition) is 0. The molecule has 4 nitrogen and oxygen atoms in total. The van der Waals surface area contributed by atoms with Crippen LogP contribution in [0, 0.1) is 34.3 Å². The summed E-state index contributed by atoms with van der Waals surface area (Å²) in [5.74, 6) is -1.71. The van der Waals surface area contributed by atoms with Crippen molar-refractivity contribution in [1.82, 2.24) is 4.57 Å². The third kappa shape index (κ3) is 4.01. The molecular formula is C22H15F2N3OS. The molecule has 0 aliphatic rings. The molecule has 3 rings (SSSR count). The largest absolute Gasteiger partial charge is 0.273 e. The van der Waals surface area contributed by atoms with Gasteiger partial charge in [0, 0.05) is 0 Å². The summed E-state index contributed by atoms with van der Waals surface area (Å²) in [4.78, 5) is 13.0. The molecule has 1 aromatic heterocycles. The molecule has 0 amide bonds. The Morgan fingerprint density at radius 3 is 2.28 bits per heavy atom. The highest BCUT2D eigenvalue weighted by molar-refractivity contribution is 7.07. The van der Waals surface area contributed by atoms with Crippen molar-refractivity contribution in [2.24, 2.45) is 0 Å². The molecule has 0 N–H and O–H groups in total. The molecule has 2 aromatic carbocycles. The fourth-order valence-corrected chi connectivity index (χ4v) is 3.82. The van der Waals surface area contributed by atoms with E-state index in [9.17, 15) is 24.1 Å². The van der Waals surface area contributed by atoms with Crippen LogP contribution < -0.4 is 14.8 Å². The predicted molar refractivity (Wildman–Crippen MR) is 108 cm³/mol. The lowest BCUT2D eigenvalue weighted by atomic mass is 10.0. The van der Waals surface area contributed by atoms with Crippen molar-refractivity contribution in [3.63, 3.8) is 0 Å². The van der Waals surface area contributed by atoms with Crippen LogP contribution in [0.5, 0.6) is 0 Å². The van der Waals surface area contributed by atoms with Gasteiger partial charge in [0.25, 0.3) is 5.56 Å². The third-order valence-electron chi connectivity index (χ3n) is 4.32. The fourth-order valence-electron chi connectivity index (χ4n) is 2.77. The monoisotopic (exact) mass is 407 g/mol. The van der Waals surface area contributed by atoms with Crippen molar-refractivity contribution in [1.29, 1.82) is 10.5 Å². The van der Waals surface area contributed by atoms with Gasteiger partial charge in [-0.1, -0.05) is 32.0 Å². The van der Waals surface area contributed by atoms with Crippen molar-refractivity contribution >= 4 is 23.0 Å². The Kier molecular flexibility index (Phi) is 5.72. The molecule has 144 valence electrons. The number of nitriles is 2. The van der Waals surface area contributed by atoms with Gasteiger partial charge in [-0.25, -0.2) is 8.78 Å². The lowest BCUT2D eigenvalue weighted by molar-refractivity contribution is 0.508. The highest BCUT2D eigenvalue weighted by Crippen LogP contribution is 2.16. The van der Waals surface area contributed by atoms with E-state index >= 15 is 0 Å². The number of aromatic nitrogens is 1. The number of nitrogens with zero attached hydrogens (tertiary/aromatic N) is 3. The molecule has 0 unspecified atom stereocenters. The van der Waals surface area contributed by atoms with E-state index in [1.807, 2.05) is 38.1 Å². The average Bonchev–Trinajstić information content (AvgIpc) is 3.02. The number of hydrogen-bond acceptors (Lipinski definition) is 4. The van der Waals surface area contributed by atoms with Crippen LogP contribution in [0.3, 0.4) is 0 Å². The Hall–Kier alpha value is -3.55. The van der Waals surface area contributed by atoms with E-state index in [1.165, 1.54) is 16.7 Å². The van der Waals surface area contributed by atoms with Crippen molar-refractivity contribution in [3.05, 3.63) is 84.8 Å². The van der Waals surface area contributed by atoms with Gasteiger partial charge in [0.05, 0.1) is 10.2 Å². The second kappa shape index (κ2) is 8.22. The van der Waals surface area contributed by atoms with Gasteiger partial charge in [-0.2, -0.15) is 10.5 Å². The van der Waals surface area contributed by atoms with E-state index in [4.69, 9.17) is 0 Å². The van der Waals surface area contributed by atoms with Crippen LogP contribution in [0.4, 0.5) is 8.78 Å². The third-order valence-corrected chi connectivity index (χ3v) is 5.41. The van der Waals surface area contributed by atoms with E-state index < -0.39 is 17.2 Å². The standard InChI is InChI=1S/C22H15F2N3OS/c1-13(2)15-4-6-17(7-5-15)27-21(28)20(29-22(27)16(11-25)12-26)10-14-3-8-18(23)19(24)9-14/h3-10,13H,1-2H3/b20-10+. The summed E-state index contributed by atoms with van der Waals surface area (Å²) in [6.45, 7) is 4.09. The van der Waals surface area contributed by atoms with Crippen molar-refractivity contribution in [2.75, 3.05) is 0 Å². The van der Waals surface area contributed by atoms with Crippen LogP contribution in [-0.2, 0) is 0 Å². The quantitative estimate of drug-likeness (QED) is 0.669. The molecule has 7 heteroatoms. The highest BCUT2D eigenvalue weighted by Gasteiger charge is 2.12. The Morgan fingerprint density at radius 2 is 1.72 bits per heavy atom. The fraction of sp³-hybridized carbons (Fsp3) is 0.136. The first-order valence-electron chi connectivity index (χ1n) is 8.69. The molecule has 29 heavy (non-hydrogen) atoms. The van der Waals surface area contributed by atoms with Crippen LogP contribution >= 0.6 is 11.3 Å². The van der Waals surface area contributed by atoms with Gasteiger partial charge in [-0.15, -0.1) is 11.3 Å². The maximum absolute atomic E-state index is 13.5. The Bertz CT molecular complexity index is 1320. The molecule has 0 radical (unpaired) electrons. The zero-order valence-electron chi connectivity index (χ0n) is 15.6. The first-order chi connectivity index (χ1) is 13.8. The summed E-state index contributed by atoms with van der Waals surface area (Å²) >= 11 is 0.950. The summed E-state index contributed by atoms with van der Waals surface area (Å²) in [6.07, 6.45) is 1.41. The average molecular weight is 407 g/mol. The van der Waals surface area contributed by atoms with Crippen molar-refractivity contribution in [2.45, 2.75) is 19.8 Å². The normalized spacial score (nSPS) is 11.3. The molecule has 0 atom stereocenters. The molecule has 1 heterocycles. The number of halogens is 2.